The Labute approximate surface area is 205 Å². The highest BCUT2D eigenvalue weighted by Gasteiger charge is 2.33. The lowest BCUT2D eigenvalue weighted by Gasteiger charge is -2.38. The number of carbonyl (C=O) groups is 2. The zero-order chi connectivity index (χ0) is 24.8. The molecule has 3 aromatic rings. The molecule has 0 saturated heterocycles. The van der Waals surface area contributed by atoms with Crippen molar-refractivity contribution in [2.75, 3.05) is 31.6 Å². The molecule has 2 aromatic carbocycles. The number of aromatic nitrogens is 1. The van der Waals surface area contributed by atoms with Crippen molar-refractivity contribution in [2.24, 2.45) is 0 Å². The van der Waals surface area contributed by atoms with E-state index in [1.54, 1.807) is 35.2 Å². The maximum absolute atomic E-state index is 14.1. The van der Waals surface area contributed by atoms with E-state index in [-0.39, 0.29) is 24.3 Å². The second-order valence-corrected chi connectivity index (χ2v) is 8.48. The minimum Gasteiger partial charge on any atom is -0.494 e. The second kappa shape index (κ2) is 11.1. The maximum Gasteiger partial charge on any atom is 0.322 e. The van der Waals surface area contributed by atoms with Gasteiger partial charge in [0.25, 0.3) is 0 Å². The van der Waals surface area contributed by atoms with Crippen LogP contribution in [0.4, 0.5) is 14.9 Å². The van der Waals surface area contributed by atoms with E-state index in [1.807, 2.05) is 38.2 Å². The molecule has 1 atom stereocenters. The molecule has 35 heavy (non-hydrogen) atoms. The molecular weight excluding hydrogens is 447 g/mol. The van der Waals surface area contributed by atoms with Crippen molar-refractivity contribution in [2.45, 2.75) is 32.9 Å². The topological polar surface area (TPSA) is 66.8 Å². The number of ether oxygens (including phenoxy) is 1. The quantitative estimate of drug-likeness (QED) is 0.501. The Balaban J connectivity index is 1.51. The first-order valence-electron chi connectivity index (χ1n) is 12.0. The Morgan fingerprint density at radius 1 is 1.09 bits per heavy atom. The first-order valence-corrected chi connectivity index (χ1v) is 12.0. The Kier molecular flexibility index (Phi) is 7.70. The standard InChI is InChI=1S/C27H31FN4O3/c1-3-14-31(27(34)29-22-10-12-23(13-11-22)35-4-2)19-25(33)32-17-16-30-15-6-9-24(30)26(32)20-7-5-8-21(28)18-20/h5-13,15,18,26H,3-4,14,16-17,19H2,1-2H3,(H,29,34)/t26-/m0/s1. The number of hydrogen-bond donors (Lipinski definition) is 1. The van der Waals surface area contributed by atoms with Crippen LogP contribution in [0.25, 0.3) is 0 Å². The number of hydrogen-bond acceptors (Lipinski definition) is 3. The molecular formula is C27H31FN4O3. The Morgan fingerprint density at radius 2 is 1.89 bits per heavy atom. The highest BCUT2D eigenvalue weighted by molar-refractivity contribution is 5.92. The molecule has 7 nitrogen and oxygen atoms in total. The summed E-state index contributed by atoms with van der Waals surface area (Å²) in [6.07, 6.45) is 2.68. The highest BCUT2D eigenvalue weighted by atomic mass is 19.1. The molecule has 4 rings (SSSR count). The monoisotopic (exact) mass is 478 g/mol. The highest BCUT2D eigenvalue weighted by Crippen LogP contribution is 2.33. The van der Waals surface area contributed by atoms with E-state index in [0.717, 1.165) is 11.4 Å². The van der Waals surface area contributed by atoms with Gasteiger partial charge in [-0.15, -0.1) is 0 Å². The second-order valence-electron chi connectivity index (χ2n) is 8.48. The van der Waals surface area contributed by atoms with Gasteiger partial charge in [-0.1, -0.05) is 19.1 Å². The fourth-order valence-corrected chi connectivity index (χ4v) is 4.46. The largest absolute Gasteiger partial charge is 0.494 e. The zero-order valence-corrected chi connectivity index (χ0v) is 20.1. The lowest BCUT2D eigenvalue weighted by Crippen LogP contribution is -2.48. The summed E-state index contributed by atoms with van der Waals surface area (Å²) in [4.78, 5) is 29.9. The summed E-state index contributed by atoms with van der Waals surface area (Å²) in [5.74, 6) is 0.201. The number of amides is 3. The fraction of sp³-hybridized carbons (Fsp3) is 0.333. The van der Waals surface area contributed by atoms with Crippen molar-refractivity contribution in [3.8, 4) is 5.75 Å². The molecule has 0 saturated carbocycles. The summed E-state index contributed by atoms with van der Waals surface area (Å²) in [6.45, 7) is 5.93. The van der Waals surface area contributed by atoms with Crippen LogP contribution in [0, 0.1) is 5.82 Å². The Hall–Kier alpha value is -3.81. The molecule has 3 amide bonds. The summed E-state index contributed by atoms with van der Waals surface area (Å²) in [5, 5.41) is 2.87. The molecule has 8 heteroatoms. The first kappa shape index (κ1) is 24.3. The van der Waals surface area contributed by atoms with Gasteiger partial charge in [0.15, 0.2) is 0 Å². The number of nitrogens with zero attached hydrogens (tertiary/aromatic N) is 3. The van der Waals surface area contributed by atoms with E-state index in [4.69, 9.17) is 4.74 Å². The zero-order valence-electron chi connectivity index (χ0n) is 20.1. The van der Waals surface area contributed by atoms with Gasteiger partial charge in [-0.2, -0.15) is 0 Å². The molecule has 0 unspecified atom stereocenters. The summed E-state index contributed by atoms with van der Waals surface area (Å²) in [5.41, 5.74) is 2.26. The number of rotatable bonds is 8. The molecule has 2 heterocycles. The normalized spacial score (nSPS) is 14.8. The van der Waals surface area contributed by atoms with Crippen LogP contribution in [0.2, 0.25) is 0 Å². The molecule has 1 aromatic heterocycles. The Morgan fingerprint density at radius 3 is 2.60 bits per heavy atom. The molecule has 0 bridgehead atoms. The third-order valence-corrected chi connectivity index (χ3v) is 6.05. The SMILES string of the molecule is CCCN(CC(=O)N1CCn2cccc2[C@@H]1c1cccc(F)c1)C(=O)Nc1ccc(OCC)cc1. The van der Waals surface area contributed by atoms with Gasteiger partial charge >= 0.3 is 6.03 Å². The summed E-state index contributed by atoms with van der Waals surface area (Å²) >= 11 is 0. The van der Waals surface area contributed by atoms with Crippen LogP contribution < -0.4 is 10.1 Å². The minimum atomic E-state index is -0.417. The van der Waals surface area contributed by atoms with Gasteiger partial charge in [0, 0.05) is 37.2 Å². The van der Waals surface area contributed by atoms with E-state index < -0.39 is 6.04 Å². The van der Waals surface area contributed by atoms with Gasteiger partial charge in [0.1, 0.15) is 18.1 Å². The van der Waals surface area contributed by atoms with E-state index in [2.05, 4.69) is 9.88 Å². The molecule has 1 aliphatic heterocycles. The van der Waals surface area contributed by atoms with Crippen molar-refractivity contribution in [1.29, 1.82) is 0 Å². The van der Waals surface area contributed by atoms with Gasteiger partial charge in [0.2, 0.25) is 5.91 Å². The average molecular weight is 479 g/mol. The summed E-state index contributed by atoms with van der Waals surface area (Å²) in [6, 6.07) is 16.6. The van der Waals surface area contributed by atoms with Crippen molar-refractivity contribution in [1.82, 2.24) is 14.4 Å². The first-order chi connectivity index (χ1) is 17.0. The average Bonchev–Trinajstić information content (AvgIpc) is 3.33. The van der Waals surface area contributed by atoms with Crippen LogP contribution in [0.5, 0.6) is 5.75 Å². The number of fused-ring (bicyclic) bond motifs is 1. The number of nitrogens with one attached hydrogen (secondary N) is 1. The van der Waals surface area contributed by atoms with Crippen LogP contribution in [-0.2, 0) is 11.3 Å². The molecule has 0 aliphatic carbocycles. The number of carbonyl (C=O) groups excluding carboxylic acids is 2. The van der Waals surface area contributed by atoms with Gasteiger partial charge in [-0.3, -0.25) is 4.79 Å². The van der Waals surface area contributed by atoms with Gasteiger partial charge in [0.05, 0.1) is 12.6 Å². The van der Waals surface area contributed by atoms with E-state index in [0.29, 0.717) is 43.9 Å². The Bertz CT molecular complexity index is 1160. The third-order valence-electron chi connectivity index (χ3n) is 6.05. The lowest BCUT2D eigenvalue weighted by molar-refractivity contribution is -0.134. The maximum atomic E-state index is 14.1. The molecule has 1 N–H and O–H groups in total. The molecule has 184 valence electrons. The van der Waals surface area contributed by atoms with Crippen molar-refractivity contribution in [3.63, 3.8) is 0 Å². The van der Waals surface area contributed by atoms with Crippen LogP contribution in [-0.4, -0.2) is 52.5 Å². The van der Waals surface area contributed by atoms with E-state index in [1.165, 1.54) is 17.0 Å². The van der Waals surface area contributed by atoms with Gasteiger partial charge < -0.3 is 24.4 Å². The van der Waals surface area contributed by atoms with E-state index in [9.17, 15) is 14.0 Å². The van der Waals surface area contributed by atoms with Crippen molar-refractivity contribution < 1.29 is 18.7 Å². The molecule has 0 radical (unpaired) electrons. The van der Waals surface area contributed by atoms with Crippen LogP contribution in [0.15, 0.2) is 66.9 Å². The van der Waals surface area contributed by atoms with Crippen LogP contribution in [0.3, 0.4) is 0 Å². The minimum absolute atomic E-state index is 0.0662. The number of urea groups is 1. The molecule has 1 aliphatic rings. The molecule has 0 spiro atoms. The number of benzene rings is 2. The molecule has 0 fully saturated rings. The number of halogens is 1. The fourth-order valence-electron chi connectivity index (χ4n) is 4.46. The van der Waals surface area contributed by atoms with Crippen molar-refractivity contribution >= 4 is 17.6 Å². The van der Waals surface area contributed by atoms with Crippen LogP contribution in [0.1, 0.15) is 37.6 Å². The van der Waals surface area contributed by atoms with E-state index >= 15 is 0 Å². The van der Waals surface area contributed by atoms with Crippen molar-refractivity contribution in [3.05, 3.63) is 83.9 Å². The lowest BCUT2D eigenvalue weighted by atomic mass is 9.99. The predicted molar refractivity (Wildman–Crippen MR) is 133 cm³/mol. The summed E-state index contributed by atoms with van der Waals surface area (Å²) in [7, 11) is 0. The number of anilines is 1. The third kappa shape index (κ3) is 5.65. The predicted octanol–water partition coefficient (Wildman–Crippen LogP) is 4.90. The van der Waals surface area contributed by atoms with Crippen LogP contribution >= 0.6 is 0 Å². The smallest absolute Gasteiger partial charge is 0.322 e. The van der Waals surface area contributed by atoms with Gasteiger partial charge in [-0.05, 0) is 67.4 Å². The van der Waals surface area contributed by atoms with Gasteiger partial charge in [-0.25, -0.2) is 9.18 Å². The summed E-state index contributed by atoms with van der Waals surface area (Å²) < 4.78 is 21.6.